The van der Waals surface area contributed by atoms with Crippen molar-refractivity contribution in [2.75, 3.05) is 6.61 Å². The maximum absolute atomic E-state index is 11.5. The Balaban J connectivity index is 2.56. The van der Waals surface area contributed by atoms with Gasteiger partial charge in [-0.05, 0) is 6.92 Å². The Labute approximate surface area is 108 Å². The van der Waals surface area contributed by atoms with Crippen LogP contribution in [0.15, 0.2) is 5.38 Å². The van der Waals surface area contributed by atoms with E-state index in [1.807, 2.05) is 0 Å². The number of nitrogens with zero attached hydrogens (tertiary/aromatic N) is 1. The molecule has 1 aromatic heterocycles. The summed E-state index contributed by atoms with van der Waals surface area (Å²) < 4.78 is 0. The van der Waals surface area contributed by atoms with Gasteiger partial charge >= 0.3 is 5.97 Å². The maximum Gasteiger partial charge on any atom is 0.328 e. The Morgan fingerprint density at radius 2 is 2.28 bits per heavy atom. The molecule has 1 amide bonds. The lowest BCUT2D eigenvalue weighted by Gasteiger charge is -2.10. The van der Waals surface area contributed by atoms with Crippen molar-refractivity contribution in [1.29, 1.82) is 0 Å². The van der Waals surface area contributed by atoms with E-state index < -0.39 is 24.5 Å². The SMILES string of the molecule is CC(N)c1nc(CC(=O)NC(CO)C(=O)O)cs1. The first-order valence-electron chi connectivity index (χ1n) is 5.27. The fourth-order valence-corrected chi connectivity index (χ4v) is 1.99. The molecule has 0 fully saturated rings. The number of aliphatic hydroxyl groups excluding tert-OH is 1. The van der Waals surface area contributed by atoms with Gasteiger partial charge in [-0.3, -0.25) is 4.79 Å². The second-order valence-corrected chi connectivity index (χ2v) is 4.67. The zero-order valence-corrected chi connectivity index (χ0v) is 10.6. The number of amides is 1. The van der Waals surface area contributed by atoms with Crippen LogP contribution in [0.3, 0.4) is 0 Å². The number of nitrogens with one attached hydrogen (secondary N) is 1. The van der Waals surface area contributed by atoms with Gasteiger partial charge in [0, 0.05) is 5.38 Å². The van der Waals surface area contributed by atoms with Gasteiger partial charge in [0.1, 0.15) is 11.0 Å². The van der Waals surface area contributed by atoms with E-state index in [2.05, 4.69) is 10.3 Å². The summed E-state index contributed by atoms with van der Waals surface area (Å²) in [7, 11) is 0. The second kappa shape index (κ2) is 6.43. The molecule has 0 spiro atoms. The van der Waals surface area contributed by atoms with E-state index in [1.165, 1.54) is 11.3 Å². The third-order valence-electron chi connectivity index (χ3n) is 2.12. The summed E-state index contributed by atoms with van der Waals surface area (Å²) in [5, 5.41) is 22.0. The van der Waals surface area contributed by atoms with Gasteiger partial charge < -0.3 is 21.3 Å². The van der Waals surface area contributed by atoms with Crippen LogP contribution in [-0.2, 0) is 16.0 Å². The number of aromatic nitrogens is 1. The predicted octanol–water partition coefficient (Wildman–Crippen LogP) is -0.733. The Bertz CT molecular complexity index is 433. The molecule has 1 aromatic rings. The molecule has 8 heteroatoms. The van der Waals surface area contributed by atoms with Crippen molar-refractivity contribution in [3.63, 3.8) is 0 Å². The normalized spacial score (nSPS) is 13.9. The molecule has 18 heavy (non-hydrogen) atoms. The van der Waals surface area contributed by atoms with Crippen molar-refractivity contribution < 1.29 is 19.8 Å². The third-order valence-corrected chi connectivity index (χ3v) is 3.21. The first-order chi connectivity index (χ1) is 8.43. The number of carbonyl (C=O) groups is 2. The van der Waals surface area contributed by atoms with E-state index in [0.717, 1.165) is 5.01 Å². The highest BCUT2D eigenvalue weighted by molar-refractivity contribution is 7.09. The Morgan fingerprint density at radius 1 is 1.61 bits per heavy atom. The highest BCUT2D eigenvalue weighted by atomic mass is 32.1. The average Bonchev–Trinajstić information content (AvgIpc) is 2.74. The van der Waals surface area contributed by atoms with Crippen LogP contribution in [0.1, 0.15) is 23.7 Å². The minimum Gasteiger partial charge on any atom is -0.480 e. The molecule has 2 unspecified atom stereocenters. The van der Waals surface area contributed by atoms with Crippen LogP contribution in [0.4, 0.5) is 0 Å². The summed E-state index contributed by atoms with van der Waals surface area (Å²) >= 11 is 1.35. The summed E-state index contributed by atoms with van der Waals surface area (Å²) in [6.07, 6.45) is -0.0347. The monoisotopic (exact) mass is 273 g/mol. The fraction of sp³-hybridized carbons (Fsp3) is 0.500. The van der Waals surface area contributed by atoms with Gasteiger partial charge in [-0.1, -0.05) is 0 Å². The summed E-state index contributed by atoms with van der Waals surface area (Å²) in [5.74, 6) is -1.78. The van der Waals surface area contributed by atoms with Crippen LogP contribution in [-0.4, -0.2) is 39.7 Å². The number of hydrogen-bond donors (Lipinski definition) is 4. The molecule has 1 rings (SSSR count). The summed E-state index contributed by atoms with van der Waals surface area (Å²) in [6.45, 7) is 1.14. The zero-order chi connectivity index (χ0) is 13.7. The topological polar surface area (TPSA) is 126 Å². The van der Waals surface area contributed by atoms with Crippen LogP contribution in [0.5, 0.6) is 0 Å². The van der Waals surface area contributed by atoms with Crippen molar-refractivity contribution in [2.45, 2.75) is 25.4 Å². The summed E-state index contributed by atoms with van der Waals surface area (Å²) in [5.41, 5.74) is 6.17. The van der Waals surface area contributed by atoms with Crippen LogP contribution in [0.25, 0.3) is 0 Å². The second-order valence-electron chi connectivity index (χ2n) is 3.78. The molecule has 0 aromatic carbocycles. The molecule has 0 aliphatic heterocycles. The average molecular weight is 273 g/mol. The summed E-state index contributed by atoms with van der Waals surface area (Å²) in [6, 6.07) is -1.49. The fourth-order valence-electron chi connectivity index (χ4n) is 1.21. The molecule has 1 heterocycles. The molecule has 7 nitrogen and oxygen atoms in total. The number of hydrogen-bond acceptors (Lipinski definition) is 6. The molecule has 0 saturated heterocycles. The number of nitrogens with two attached hydrogens (primary N) is 1. The molecular weight excluding hydrogens is 258 g/mol. The minimum atomic E-state index is -1.29. The largest absolute Gasteiger partial charge is 0.480 e. The van der Waals surface area contributed by atoms with Gasteiger partial charge in [0.25, 0.3) is 0 Å². The van der Waals surface area contributed by atoms with E-state index in [9.17, 15) is 9.59 Å². The van der Waals surface area contributed by atoms with Gasteiger partial charge in [0.15, 0.2) is 0 Å². The van der Waals surface area contributed by atoms with Crippen molar-refractivity contribution in [3.05, 3.63) is 16.1 Å². The van der Waals surface area contributed by atoms with Gasteiger partial charge in [0.2, 0.25) is 5.91 Å². The van der Waals surface area contributed by atoms with Crippen LogP contribution < -0.4 is 11.1 Å². The number of carbonyl (C=O) groups excluding carboxylic acids is 1. The molecular formula is C10H15N3O4S. The number of rotatable bonds is 6. The Hall–Kier alpha value is -1.51. The minimum absolute atomic E-state index is 0.0347. The molecule has 0 saturated carbocycles. The quantitative estimate of drug-likeness (QED) is 0.541. The van der Waals surface area contributed by atoms with E-state index >= 15 is 0 Å². The van der Waals surface area contributed by atoms with Crippen molar-refractivity contribution >= 4 is 23.2 Å². The summed E-state index contributed by atoms with van der Waals surface area (Å²) in [4.78, 5) is 26.3. The van der Waals surface area contributed by atoms with Gasteiger partial charge in [0.05, 0.1) is 24.8 Å². The first kappa shape index (κ1) is 14.6. The number of aliphatic hydroxyl groups is 1. The van der Waals surface area contributed by atoms with Crippen molar-refractivity contribution in [1.82, 2.24) is 10.3 Å². The highest BCUT2D eigenvalue weighted by Crippen LogP contribution is 2.15. The van der Waals surface area contributed by atoms with Gasteiger partial charge in [-0.25, -0.2) is 9.78 Å². The number of carboxylic acids is 1. The van der Waals surface area contributed by atoms with Gasteiger partial charge in [-0.2, -0.15) is 0 Å². The van der Waals surface area contributed by atoms with Crippen LogP contribution >= 0.6 is 11.3 Å². The first-order valence-corrected chi connectivity index (χ1v) is 6.15. The van der Waals surface area contributed by atoms with Crippen molar-refractivity contribution in [2.24, 2.45) is 5.73 Å². The number of carboxylic acid groups (broad SMARTS) is 1. The van der Waals surface area contributed by atoms with E-state index in [0.29, 0.717) is 5.69 Å². The van der Waals surface area contributed by atoms with Crippen LogP contribution in [0.2, 0.25) is 0 Å². The van der Waals surface area contributed by atoms with E-state index in [1.54, 1.807) is 12.3 Å². The Morgan fingerprint density at radius 3 is 2.72 bits per heavy atom. The molecule has 0 aliphatic rings. The zero-order valence-electron chi connectivity index (χ0n) is 9.79. The molecule has 2 atom stereocenters. The molecule has 0 bridgehead atoms. The predicted molar refractivity (Wildman–Crippen MR) is 65.1 cm³/mol. The molecule has 0 aliphatic carbocycles. The highest BCUT2D eigenvalue weighted by Gasteiger charge is 2.19. The number of aliphatic carboxylic acids is 1. The van der Waals surface area contributed by atoms with Crippen LogP contribution in [0, 0.1) is 0 Å². The molecule has 5 N–H and O–H groups in total. The lowest BCUT2D eigenvalue weighted by atomic mass is 10.2. The lowest BCUT2D eigenvalue weighted by Crippen LogP contribution is -2.44. The number of thiazole rings is 1. The standard InChI is InChI=1S/C10H15N3O4S/c1-5(11)9-12-6(4-18-9)2-8(15)13-7(3-14)10(16)17/h4-5,7,14H,2-3,11H2,1H3,(H,13,15)(H,16,17). The molecule has 0 radical (unpaired) electrons. The maximum atomic E-state index is 11.5. The van der Waals surface area contributed by atoms with E-state index in [4.69, 9.17) is 15.9 Å². The third kappa shape index (κ3) is 4.06. The Kier molecular flexibility index (Phi) is 5.20. The van der Waals surface area contributed by atoms with Gasteiger partial charge in [-0.15, -0.1) is 11.3 Å². The van der Waals surface area contributed by atoms with Crippen molar-refractivity contribution in [3.8, 4) is 0 Å². The van der Waals surface area contributed by atoms with E-state index in [-0.39, 0.29) is 12.5 Å². The smallest absolute Gasteiger partial charge is 0.328 e. The molecule has 100 valence electrons. The lowest BCUT2D eigenvalue weighted by molar-refractivity contribution is -0.142.